The number of ether oxygens (including phenoxy) is 1. The molecule has 0 radical (unpaired) electrons. The third kappa shape index (κ3) is 9.04. The summed E-state index contributed by atoms with van der Waals surface area (Å²) in [4.78, 5) is 55.3. The molecule has 1 aromatic rings. The summed E-state index contributed by atoms with van der Waals surface area (Å²) in [6.45, 7) is -0.133. The maximum atomic E-state index is 13.5. The van der Waals surface area contributed by atoms with E-state index in [0.29, 0.717) is 18.8 Å². The van der Waals surface area contributed by atoms with Crippen LogP contribution in [0.4, 0.5) is 10.6 Å². The molecule has 3 fully saturated rings. The molecule has 1 aliphatic heterocycles. The lowest BCUT2D eigenvalue weighted by Gasteiger charge is -2.37. The number of carbonyl (C=O) groups is 4. The SMILES string of the molecule is O=C(COC1CC(CNc2ccccn2)N(C(=O)O)C1)NCC(NC(=O)C(C1CCCCC1)C1CCCCC1)C(=O)O. The Hall–Kier alpha value is -3.41. The van der Waals surface area contributed by atoms with Crippen molar-refractivity contribution in [2.24, 2.45) is 17.8 Å². The monoisotopic (exact) mass is 587 g/mol. The number of hydrogen-bond donors (Lipinski definition) is 5. The molecule has 5 N–H and O–H groups in total. The molecule has 1 aromatic heterocycles. The summed E-state index contributed by atoms with van der Waals surface area (Å²) in [6, 6.07) is 3.81. The molecule has 12 heteroatoms. The van der Waals surface area contributed by atoms with Crippen molar-refractivity contribution in [3.05, 3.63) is 24.4 Å². The number of anilines is 1. The van der Waals surface area contributed by atoms with Crippen molar-refractivity contribution in [1.29, 1.82) is 0 Å². The van der Waals surface area contributed by atoms with Crippen molar-refractivity contribution in [1.82, 2.24) is 20.5 Å². The molecule has 12 nitrogen and oxygen atoms in total. The number of carbonyl (C=O) groups excluding carboxylic acids is 2. The Balaban J connectivity index is 1.25. The Bertz CT molecular complexity index is 1030. The van der Waals surface area contributed by atoms with E-state index in [1.807, 2.05) is 6.07 Å². The Morgan fingerprint density at radius 2 is 1.64 bits per heavy atom. The fourth-order valence-electron chi connectivity index (χ4n) is 6.84. The topological polar surface area (TPSA) is 170 Å². The first-order chi connectivity index (χ1) is 20.3. The van der Waals surface area contributed by atoms with E-state index >= 15 is 0 Å². The molecule has 4 rings (SSSR count). The number of amides is 3. The number of carboxylic acids is 1. The van der Waals surface area contributed by atoms with Crippen LogP contribution < -0.4 is 16.0 Å². The zero-order valence-electron chi connectivity index (χ0n) is 24.2. The first-order valence-corrected chi connectivity index (χ1v) is 15.4. The van der Waals surface area contributed by atoms with Gasteiger partial charge in [-0.1, -0.05) is 44.6 Å². The van der Waals surface area contributed by atoms with Gasteiger partial charge in [-0.15, -0.1) is 0 Å². The lowest BCUT2D eigenvalue weighted by molar-refractivity contribution is -0.143. The van der Waals surface area contributed by atoms with Crippen LogP contribution in [0.15, 0.2) is 24.4 Å². The Labute approximate surface area is 247 Å². The van der Waals surface area contributed by atoms with Gasteiger partial charge in [0.05, 0.1) is 18.7 Å². The minimum Gasteiger partial charge on any atom is -0.480 e. The molecule has 0 spiro atoms. The van der Waals surface area contributed by atoms with E-state index in [1.165, 1.54) is 17.7 Å². The van der Waals surface area contributed by atoms with Gasteiger partial charge in [0.15, 0.2) is 0 Å². The van der Waals surface area contributed by atoms with E-state index in [1.54, 1.807) is 18.3 Å². The fraction of sp³-hybridized carbons (Fsp3) is 0.700. The highest BCUT2D eigenvalue weighted by Gasteiger charge is 2.38. The lowest BCUT2D eigenvalue weighted by Crippen LogP contribution is -2.52. The van der Waals surface area contributed by atoms with Crippen LogP contribution in [0.25, 0.3) is 0 Å². The highest BCUT2D eigenvalue weighted by Crippen LogP contribution is 2.40. The zero-order valence-corrected chi connectivity index (χ0v) is 24.2. The minimum atomic E-state index is -1.24. The Morgan fingerprint density at radius 1 is 0.976 bits per heavy atom. The van der Waals surface area contributed by atoms with Crippen LogP contribution in [0.1, 0.15) is 70.6 Å². The van der Waals surface area contributed by atoms with Crippen LogP contribution >= 0.6 is 0 Å². The van der Waals surface area contributed by atoms with E-state index in [-0.39, 0.29) is 49.4 Å². The highest BCUT2D eigenvalue weighted by atomic mass is 16.5. The van der Waals surface area contributed by atoms with Crippen molar-refractivity contribution < 1.29 is 34.1 Å². The van der Waals surface area contributed by atoms with E-state index in [0.717, 1.165) is 51.4 Å². The second-order valence-corrected chi connectivity index (χ2v) is 11.9. The van der Waals surface area contributed by atoms with Crippen LogP contribution in [0.5, 0.6) is 0 Å². The zero-order chi connectivity index (χ0) is 29.9. The second-order valence-electron chi connectivity index (χ2n) is 11.9. The lowest BCUT2D eigenvalue weighted by atomic mass is 9.69. The number of carboxylic acid groups (broad SMARTS) is 2. The molecular formula is C30H45N5O7. The highest BCUT2D eigenvalue weighted by molar-refractivity contribution is 5.86. The van der Waals surface area contributed by atoms with Crippen molar-refractivity contribution in [2.75, 3.05) is 31.6 Å². The molecule has 2 aliphatic carbocycles. The predicted molar refractivity (Wildman–Crippen MR) is 155 cm³/mol. The van der Waals surface area contributed by atoms with Crippen LogP contribution in [-0.2, 0) is 19.1 Å². The van der Waals surface area contributed by atoms with E-state index in [9.17, 15) is 29.4 Å². The smallest absolute Gasteiger partial charge is 0.407 e. The fourth-order valence-corrected chi connectivity index (χ4v) is 6.84. The number of rotatable bonds is 13. The molecule has 3 unspecified atom stereocenters. The molecule has 42 heavy (non-hydrogen) atoms. The van der Waals surface area contributed by atoms with Crippen LogP contribution in [0, 0.1) is 17.8 Å². The molecule has 3 aliphatic rings. The molecule has 2 heterocycles. The molecule has 1 saturated heterocycles. The van der Waals surface area contributed by atoms with E-state index in [4.69, 9.17) is 4.74 Å². The Kier molecular flexibility index (Phi) is 11.8. The van der Waals surface area contributed by atoms with Crippen LogP contribution in [-0.4, -0.2) is 88.4 Å². The first-order valence-electron chi connectivity index (χ1n) is 15.4. The molecule has 2 saturated carbocycles. The summed E-state index contributed by atoms with van der Waals surface area (Å²) in [5, 5.41) is 27.9. The minimum absolute atomic E-state index is 0.120. The average molecular weight is 588 g/mol. The first kappa shape index (κ1) is 31.5. The third-order valence-corrected chi connectivity index (χ3v) is 8.99. The van der Waals surface area contributed by atoms with Gasteiger partial charge >= 0.3 is 12.1 Å². The quantitative estimate of drug-likeness (QED) is 0.233. The van der Waals surface area contributed by atoms with Gasteiger partial charge in [-0.3, -0.25) is 9.59 Å². The number of aromatic nitrogens is 1. The molecule has 0 aromatic carbocycles. The molecular weight excluding hydrogens is 542 g/mol. The normalized spacial score (nSPS) is 22.5. The van der Waals surface area contributed by atoms with Gasteiger partial charge < -0.3 is 35.8 Å². The number of nitrogens with zero attached hydrogens (tertiary/aromatic N) is 2. The second kappa shape index (κ2) is 15.7. The van der Waals surface area contributed by atoms with Gasteiger partial charge in [-0.2, -0.15) is 0 Å². The maximum absolute atomic E-state index is 13.5. The van der Waals surface area contributed by atoms with Crippen molar-refractivity contribution in [3.63, 3.8) is 0 Å². The van der Waals surface area contributed by atoms with E-state index in [2.05, 4.69) is 20.9 Å². The number of aliphatic carboxylic acids is 1. The largest absolute Gasteiger partial charge is 0.480 e. The number of likely N-dealkylation sites (tertiary alicyclic amines) is 1. The maximum Gasteiger partial charge on any atom is 0.407 e. The summed E-state index contributed by atoms with van der Waals surface area (Å²) in [7, 11) is 0. The summed E-state index contributed by atoms with van der Waals surface area (Å²) in [6.07, 6.45) is 11.3. The standard InChI is InChI=1S/C30H45N5O7/c36-26(19-42-23-15-22(35(18-23)30(40)41)16-32-25-13-7-8-14-31-25)33-17-24(29(38)39)34-28(37)27(20-9-3-1-4-10-20)21-11-5-2-6-12-21/h7-8,13-14,20-24,27H,1-6,9-12,15-19H2,(H,31,32)(H,33,36)(H,34,37)(H,38,39)(H,40,41). The molecule has 3 atom stereocenters. The van der Waals surface area contributed by atoms with Crippen LogP contribution in [0.3, 0.4) is 0 Å². The van der Waals surface area contributed by atoms with Crippen molar-refractivity contribution in [3.8, 4) is 0 Å². The van der Waals surface area contributed by atoms with Gasteiger partial charge in [0.1, 0.15) is 18.5 Å². The Morgan fingerprint density at radius 3 is 2.21 bits per heavy atom. The number of hydrogen-bond acceptors (Lipinski definition) is 7. The number of nitrogens with one attached hydrogen (secondary N) is 3. The number of pyridine rings is 1. The van der Waals surface area contributed by atoms with Gasteiger partial charge in [0, 0.05) is 25.2 Å². The molecule has 0 bridgehead atoms. The van der Waals surface area contributed by atoms with Crippen LogP contribution in [0.2, 0.25) is 0 Å². The van der Waals surface area contributed by atoms with E-state index < -0.39 is 30.1 Å². The van der Waals surface area contributed by atoms with Gasteiger partial charge in [0.2, 0.25) is 11.8 Å². The summed E-state index contributed by atoms with van der Waals surface area (Å²) < 4.78 is 5.70. The molecule has 3 amide bonds. The van der Waals surface area contributed by atoms with Crippen molar-refractivity contribution in [2.45, 2.75) is 88.8 Å². The predicted octanol–water partition coefficient (Wildman–Crippen LogP) is 3.09. The summed E-state index contributed by atoms with van der Waals surface area (Å²) in [5.74, 6) is -0.938. The van der Waals surface area contributed by atoms with Gasteiger partial charge in [0.25, 0.3) is 0 Å². The summed E-state index contributed by atoms with van der Waals surface area (Å²) >= 11 is 0. The van der Waals surface area contributed by atoms with Gasteiger partial charge in [-0.25, -0.2) is 14.6 Å². The average Bonchev–Trinajstić information content (AvgIpc) is 3.42. The third-order valence-electron chi connectivity index (χ3n) is 8.99. The van der Waals surface area contributed by atoms with Crippen molar-refractivity contribution >= 4 is 29.7 Å². The molecule has 232 valence electrons. The van der Waals surface area contributed by atoms with Gasteiger partial charge in [-0.05, 0) is 56.1 Å². The summed E-state index contributed by atoms with van der Waals surface area (Å²) in [5.41, 5.74) is 0.